The maximum atomic E-state index is 15.3. The number of esters is 1. The van der Waals surface area contributed by atoms with Gasteiger partial charge in [0, 0.05) is 17.8 Å². The number of rotatable bonds is 7. The number of aromatic nitrogens is 1. The summed E-state index contributed by atoms with van der Waals surface area (Å²) in [5.41, 5.74) is 6.83. The number of carbonyl (C=O) groups excluding carboxylic acids is 1. The smallest absolute Gasteiger partial charge is 0.309 e. The highest BCUT2D eigenvalue weighted by Crippen LogP contribution is 2.47. The average molecular weight is 472 g/mol. The molecule has 0 amide bonds. The summed E-state index contributed by atoms with van der Waals surface area (Å²) in [6, 6.07) is 15.6. The molecule has 1 saturated carbocycles. The minimum Gasteiger partial charge on any atom is -0.481 e. The van der Waals surface area contributed by atoms with Crippen LogP contribution in [0.1, 0.15) is 54.4 Å². The molecule has 3 aromatic rings. The molecule has 1 fully saturated rings. The predicted molar refractivity (Wildman–Crippen MR) is 135 cm³/mol. The molecule has 1 heterocycles. The van der Waals surface area contributed by atoms with Gasteiger partial charge in [-0.25, -0.2) is 9.37 Å². The molecule has 0 aliphatic heterocycles. The Morgan fingerprint density at radius 3 is 2.54 bits per heavy atom. The lowest BCUT2D eigenvalue weighted by Crippen LogP contribution is -2.22. The molecule has 2 aliphatic rings. The van der Waals surface area contributed by atoms with Crippen LogP contribution in [0.15, 0.2) is 54.7 Å². The molecule has 0 bridgehead atoms. The summed E-state index contributed by atoms with van der Waals surface area (Å²) in [6.45, 7) is 1.96. The Balaban J connectivity index is 1.46. The lowest BCUT2D eigenvalue weighted by atomic mass is 9.80. The van der Waals surface area contributed by atoms with E-state index in [0.29, 0.717) is 17.4 Å². The van der Waals surface area contributed by atoms with Crippen molar-refractivity contribution in [2.24, 2.45) is 11.8 Å². The number of carbonyl (C=O) groups is 1. The Morgan fingerprint density at radius 2 is 1.83 bits per heavy atom. The van der Waals surface area contributed by atoms with E-state index in [0.717, 1.165) is 47.9 Å². The van der Waals surface area contributed by atoms with Gasteiger partial charge in [0.2, 0.25) is 5.88 Å². The van der Waals surface area contributed by atoms with Crippen molar-refractivity contribution in [2.45, 2.75) is 38.5 Å². The second-order valence-electron chi connectivity index (χ2n) is 9.58. The van der Waals surface area contributed by atoms with Gasteiger partial charge in [-0.2, -0.15) is 0 Å². The first kappa shape index (κ1) is 23.3. The van der Waals surface area contributed by atoms with Gasteiger partial charge >= 0.3 is 5.97 Å². The summed E-state index contributed by atoms with van der Waals surface area (Å²) in [5.74, 6) is 0.588. The van der Waals surface area contributed by atoms with E-state index in [1.807, 2.05) is 25.1 Å². The number of pyridine rings is 1. The van der Waals surface area contributed by atoms with Crippen molar-refractivity contribution < 1.29 is 18.7 Å². The quantitative estimate of drug-likeness (QED) is 0.360. The van der Waals surface area contributed by atoms with Crippen LogP contribution in [-0.4, -0.2) is 25.2 Å². The second-order valence-corrected chi connectivity index (χ2v) is 9.58. The summed E-state index contributed by atoms with van der Waals surface area (Å²) < 4.78 is 25.5. The standard InChI is InChI=1S/C30H30FNO3/c1-18(30(33)35-3)29(20-6-7-20)24-9-5-19-4-8-23(14-25(19)15-24)26-11-10-21(16-27(26)31)22-12-13-32-28(17-22)34-2/h5,9-18,20,29H,4,6-8H2,1-3H3/t18-,29?/m1/s1. The lowest BCUT2D eigenvalue weighted by Gasteiger charge is -2.25. The molecule has 2 atom stereocenters. The Bertz CT molecular complexity index is 1290. The highest BCUT2D eigenvalue weighted by molar-refractivity contribution is 5.85. The topological polar surface area (TPSA) is 48.4 Å². The molecule has 1 aromatic heterocycles. The van der Waals surface area contributed by atoms with Crippen molar-refractivity contribution in [1.82, 2.24) is 4.98 Å². The normalized spacial score (nSPS) is 16.6. The van der Waals surface area contributed by atoms with Crippen molar-refractivity contribution in [1.29, 1.82) is 0 Å². The maximum absolute atomic E-state index is 15.3. The fourth-order valence-electron chi connectivity index (χ4n) is 5.34. The molecular formula is C30H30FNO3. The third-order valence-electron chi connectivity index (χ3n) is 7.38. The molecule has 2 aromatic carbocycles. The van der Waals surface area contributed by atoms with Crippen LogP contribution < -0.4 is 4.74 Å². The Morgan fingerprint density at radius 1 is 1.03 bits per heavy atom. The largest absolute Gasteiger partial charge is 0.481 e. The fourth-order valence-corrected chi connectivity index (χ4v) is 5.34. The summed E-state index contributed by atoms with van der Waals surface area (Å²) >= 11 is 0. The SMILES string of the molecule is COC(=O)[C@H](C)C(c1ccc2c(c1)C=C(c1ccc(-c3ccnc(OC)c3)cc1F)CC2)C1CC1. The molecule has 0 saturated heterocycles. The van der Waals surface area contributed by atoms with Gasteiger partial charge in [0.05, 0.1) is 20.1 Å². The van der Waals surface area contributed by atoms with E-state index in [9.17, 15) is 4.79 Å². The number of hydrogen-bond acceptors (Lipinski definition) is 4. The van der Waals surface area contributed by atoms with Gasteiger partial charge in [-0.3, -0.25) is 4.79 Å². The number of halogens is 1. The van der Waals surface area contributed by atoms with Crippen LogP contribution in [-0.2, 0) is 16.0 Å². The van der Waals surface area contributed by atoms with Crippen LogP contribution in [0.25, 0.3) is 22.8 Å². The van der Waals surface area contributed by atoms with E-state index in [4.69, 9.17) is 9.47 Å². The van der Waals surface area contributed by atoms with E-state index >= 15 is 4.39 Å². The number of fused-ring (bicyclic) bond motifs is 1. The van der Waals surface area contributed by atoms with E-state index in [-0.39, 0.29) is 23.6 Å². The van der Waals surface area contributed by atoms with Crippen LogP contribution in [0.5, 0.6) is 5.88 Å². The molecule has 0 spiro atoms. The van der Waals surface area contributed by atoms with E-state index < -0.39 is 0 Å². The number of ether oxygens (including phenoxy) is 2. The zero-order valence-electron chi connectivity index (χ0n) is 20.4. The molecule has 0 N–H and O–H groups in total. The molecule has 35 heavy (non-hydrogen) atoms. The third kappa shape index (κ3) is 4.72. The van der Waals surface area contributed by atoms with Gasteiger partial charge in [-0.05, 0) is 83.0 Å². The summed E-state index contributed by atoms with van der Waals surface area (Å²) in [4.78, 5) is 16.4. The molecular weight excluding hydrogens is 441 g/mol. The average Bonchev–Trinajstić information content (AvgIpc) is 3.73. The van der Waals surface area contributed by atoms with Gasteiger partial charge in [0.15, 0.2) is 0 Å². The molecule has 1 unspecified atom stereocenters. The number of methoxy groups -OCH3 is 2. The van der Waals surface area contributed by atoms with Gasteiger partial charge in [-0.15, -0.1) is 0 Å². The van der Waals surface area contributed by atoms with Gasteiger partial charge < -0.3 is 9.47 Å². The first-order chi connectivity index (χ1) is 17.0. The minimum atomic E-state index is -0.237. The maximum Gasteiger partial charge on any atom is 0.309 e. The fraction of sp³-hybridized carbons (Fsp3) is 0.333. The monoisotopic (exact) mass is 471 g/mol. The molecule has 2 aliphatic carbocycles. The van der Waals surface area contributed by atoms with Crippen molar-refractivity contribution in [3.8, 4) is 17.0 Å². The predicted octanol–water partition coefficient (Wildman–Crippen LogP) is 6.69. The highest BCUT2D eigenvalue weighted by Gasteiger charge is 2.39. The number of nitrogens with zero attached hydrogens (tertiary/aromatic N) is 1. The van der Waals surface area contributed by atoms with Crippen molar-refractivity contribution in [2.75, 3.05) is 14.2 Å². The molecule has 5 rings (SSSR count). The zero-order valence-corrected chi connectivity index (χ0v) is 20.4. The Kier molecular flexibility index (Phi) is 6.42. The van der Waals surface area contributed by atoms with E-state index in [1.165, 1.54) is 18.2 Å². The van der Waals surface area contributed by atoms with Gasteiger partial charge in [0.1, 0.15) is 5.82 Å². The lowest BCUT2D eigenvalue weighted by molar-refractivity contribution is -0.145. The van der Waals surface area contributed by atoms with E-state index in [2.05, 4.69) is 29.3 Å². The number of benzene rings is 2. The van der Waals surface area contributed by atoms with Crippen molar-refractivity contribution in [3.63, 3.8) is 0 Å². The third-order valence-corrected chi connectivity index (χ3v) is 7.38. The molecule has 180 valence electrons. The first-order valence-corrected chi connectivity index (χ1v) is 12.2. The van der Waals surface area contributed by atoms with Crippen LogP contribution >= 0.6 is 0 Å². The molecule has 0 radical (unpaired) electrons. The number of allylic oxidation sites excluding steroid dienone is 1. The van der Waals surface area contributed by atoms with Crippen LogP contribution in [0.3, 0.4) is 0 Å². The summed E-state index contributed by atoms with van der Waals surface area (Å²) in [7, 11) is 3.02. The molecule has 5 heteroatoms. The Hall–Kier alpha value is -3.47. The first-order valence-electron chi connectivity index (χ1n) is 12.2. The minimum absolute atomic E-state index is 0.153. The van der Waals surface area contributed by atoms with Crippen LogP contribution in [0, 0.1) is 17.7 Å². The zero-order chi connectivity index (χ0) is 24.5. The molecule has 4 nitrogen and oxygen atoms in total. The summed E-state index contributed by atoms with van der Waals surface area (Å²) in [5, 5.41) is 0. The van der Waals surface area contributed by atoms with E-state index in [1.54, 1.807) is 25.4 Å². The second kappa shape index (κ2) is 9.65. The van der Waals surface area contributed by atoms with Crippen molar-refractivity contribution in [3.05, 3.63) is 82.8 Å². The number of aryl methyl sites for hydroxylation is 1. The summed E-state index contributed by atoms with van der Waals surface area (Å²) in [6.07, 6.45) is 7.72. The van der Waals surface area contributed by atoms with Crippen LogP contribution in [0.4, 0.5) is 4.39 Å². The Labute approximate surface area is 205 Å². The highest BCUT2D eigenvalue weighted by atomic mass is 19.1. The van der Waals surface area contributed by atoms with Crippen LogP contribution in [0.2, 0.25) is 0 Å². The van der Waals surface area contributed by atoms with Crippen molar-refractivity contribution >= 4 is 17.6 Å². The van der Waals surface area contributed by atoms with Gasteiger partial charge in [0.25, 0.3) is 0 Å². The van der Waals surface area contributed by atoms with Gasteiger partial charge in [-0.1, -0.05) is 43.3 Å². The number of hydrogen-bond donors (Lipinski definition) is 0.